The number of hydrogen-bond donors (Lipinski definition) is 3. The van der Waals surface area contributed by atoms with Crippen molar-refractivity contribution in [3.8, 4) is 6.01 Å². The largest absolute Gasteiger partial charge is 0.464 e. The summed E-state index contributed by atoms with van der Waals surface area (Å²) in [7, 11) is 1.75. The van der Waals surface area contributed by atoms with Gasteiger partial charge in [-0.15, -0.1) is 0 Å². The molecule has 2 atom stereocenters. The SMILES string of the molecule is CCOc1nc(NC)nc(NCC2CCCCC2O)n1. The molecule has 0 aliphatic heterocycles. The van der Waals surface area contributed by atoms with Crippen LogP contribution in [0.3, 0.4) is 0 Å². The summed E-state index contributed by atoms with van der Waals surface area (Å²) in [6, 6.07) is 0.304. The van der Waals surface area contributed by atoms with E-state index in [1.54, 1.807) is 7.05 Å². The van der Waals surface area contributed by atoms with Crippen LogP contribution in [0.25, 0.3) is 0 Å². The summed E-state index contributed by atoms with van der Waals surface area (Å²) in [6.07, 6.45) is 3.98. The molecule has 7 heteroatoms. The van der Waals surface area contributed by atoms with E-state index in [2.05, 4.69) is 25.6 Å². The number of nitrogens with zero attached hydrogens (tertiary/aromatic N) is 3. The second kappa shape index (κ2) is 7.23. The summed E-state index contributed by atoms with van der Waals surface area (Å²) in [5, 5.41) is 16.0. The van der Waals surface area contributed by atoms with Crippen LogP contribution < -0.4 is 15.4 Å². The fourth-order valence-electron chi connectivity index (χ4n) is 2.39. The molecule has 1 aromatic rings. The van der Waals surface area contributed by atoms with E-state index in [1.165, 1.54) is 6.42 Å². The highest BCUT2D eigenvalue weighted by atomic mass is 16.5. The lowest BCUT2D eigenvalue weighted by atomic mass is 9.86. The van der Waals surface area contributed by atoms with Crippen molar-refractivity contribution in [3.05, 3.63) is 0 Å². The van der Waals surface area contributed by atoms with Crippen LogP contribution in [0.1, 0.15) is 32.6 Å². The van der Waals surface area contributed by atoms with Gasteiger partial charge in [-0.05, 0) is 19.8 Å². The molecule has 1 heterocycles. The van der Waals surface area contributed by atoms with Crippen LogP contribution in [0.5, 0.6) is 6.01 Å². The Kier molecular flexibility index (Phi) is 5.34. The molecule has 20 heavy (non-hydrogen) atoms. The van der Waals surface area contributed by atoms with E-state index in [0.29, 0.717) is 31.1 Å². The lowest BCUT2D eigenvalue weighted by Crippen LogP contribution is -2.30. The first-order valence-corrected chi connectivity index (χ1v) is 7.21. The third-order valence-electron chi connectivity index (χ3n) is 3.50. The van der Waals surface area contributed by atoms with Gasteiger partial charge in [0.05, 0.1) is 12.7 Å². The monoisotopic (exact) mass is 281 g/mol. The zero-order chi connectivity index (χ0) is 14.4. The number of aliphatic hydroxyl groups is 1. The smallest absolute Gasteiger partial charge is 0.323 e. The highest BCUT2D eigenvalue weighted by Gasteiger charge is 2.23. The molecular weight excluding hydrogens is 258 g/mol. The minimum absolute atomic E-state index is 0.228. The summed E-state index contributed by atoms with van der Waals surface area (Å²) in [4.78, 5) is 12.5. The van der Waals surface area contributed by atoms with Gasteiger partial charge in [-0.1, -0.05) is 12.8 Å². The molecule has 3 N–H and O–H groups in total. The van der Waals surface area contributed by atoms with Crippen LogP contribution in [0.4, 0.5) is 11.9 Å². The summed E-state index contributed by atoms with van der Waals surface area (Å²) in [6.45, 7) is 3.06. The molecule has 0 aromatic carbocycles. The van der Waals surface area contributed by atoms with Gasteiger partial charge in [0.15, 0.2) is 0 Å². The highest BCUT2D eigenvalue weighted by molar-refractivity contribution is 5.35. The third kappa shape index (κ3) is 3.93. The minimum atomic E-state index is -0.228. The number of aromatic nitrogens is 3. The van der Waals surface area contributed by atoms with Gasteiger partial charge in [0.2, 0.25) is 11.9 Å². The fourth-order valence-corrected chi connectivity index (χ4v) is 2.39. The van der Waals surface area contributed by atoms with E-state index in [-0.39, 0.29) is 12.0 Å². The maximum Gasteiger partial charge on any atom is 0.323 e. The van der Waals surface area contributed by atoms with Crippen LogP contribution in [-0.2, 0) is 0 Å². The van der Waals surface area contributed by atoms with Crippen molar-refractivity contribution < 1.29 is 9.84 Å². The lowest BCUT2D eigenvalue weighted by molar-refractivity contribution is 0.0762. The second-order valence-electron chi connectivity index (χ2n) is 4.94. The predicted molar refractivity (Wildman–Crippen MR) is 77.0 cm³/mol. The zero-order valence-electron chi connectivity index (χ0n) is 12.1. The van der Waals surface area contributed by atoms with Crippen molar-refractivity contribution in [1.29, 1.82) is 0 Å². The number of aliphatic hydroxyl groups excluding tert-OH is 1. The molecule has 112 valence electrons. The summed E-state index contributed by atoms with van der Waals surface area (Å²) in [5.74, 6) is 1.20. The fraction of sp³-hybridized carbons (Fsp3) is 0.769. The average Bonchev–Trinajstić information content (AvgIpc) is 2.46. The Morgan fingerprint density at radius 3 is 2.65 bits per heavy atom. The molecule has 2 rings (SSSR count). The Morgan fingerprint density at radius 2 is 1.95 bits per heavy atom. The first kappa shape index (κ1) is 14.8. The third-order valence-corrected chi connectivity index (χ3v) is 3.50. The Labute approximate surface area is 119 Å². The van der Waals surface area contributed by atoms with Gasteiger partial charge in [0, 0.05) is 19.5 Å². The molecule has 1 fully saturated rings. The van der Waals surface area contributed by atoms with Crippen LogP contribution in [0.15, 0.2) is 0 Å². The molecule has 2 unspecified atom stereocenters. The number of anilines is 2. The normalized spacial score (nSPS) is 22.4. The van der Waals surface area contributed by atoms with E-state index in [0.717, 1.165) is 19.3 Å². The molecule has 1 saturated carbocycles. The van der Waals surface area contributed by atoms with Gasteiger partial charge >= 0.3 is 6.01 Å². The van der Waals surface area contributed by atoms with E-state index in [9.17, 15) is 5.11 Å². The number of rotatable bonds is 6. The van der Waals surface area contributed by atoms with E-state index < -0.39 is 0 Å². The molecule has 0 saturated heterocycles. The van der Waals surface area contributed by atoms with Gasteiger partial charge in [0.1, 0.15) is 0 Å². The molecule has 0 bridgehead atoms. The maximum absolute atomic E-state index is 9.96. The highest BCUT2D eigenvalue weighted by Crippen LogP contribution is 2.24. The Balaban J connectivity index is 1.98. The van der Waals surface area contributed by atoms with Crippen LogP contribution in [0.2, 0.25) is 0 Å². The summed E-state index contributed by atoms with van der Waals surface area (Å²) >= 11 is 0. The van der Waals surface area contributed by atoms with Crippen molar-refractivity contribution in [3.63, 3.8) is 0 Å². The Hall–Kier alpha value is -1.63. The molecule has 0 amide bonds. The zero-order valence-corrected chi connectivity index (χ0v) is 12.1. The number of ether oxygens (including phenoxy) is 1. The first-order chi connectivity index (χ1) is 9.72. The van der Waals surface area contributed by atoms with Crippen molar-refractivity contribution in [1.82, 2.24) is 15.0 Å². The number of hydrogen-bond acceptors (Lipinski definition) is 7. The molecule has 0 spiro atoms. The van der Waals surface area contributed by atoms with Gasteiger partial charge < -0.3 is 20.5 Å². The van der Waals surface area contributed by atoms with Crippen molar-refractivity contribution in [2.45, 2.75) is 38.7 Å². The summed E-state index contributed by atoms with van der Waals surface area (Å²) in [5.41, 5.74) is 0. The van der Waals surface area contributed by atoms with Gasteiger partial charge in [-0.25, -0.2) is 0 Å². The quantitative estimate of drug-likeness (QED) is 0.723. The first-order valence-electron chi connectivity index (χ1n) is 7.21. The van der Waals surface area contributed by atoms with Crippen LogP contribution in [-0.4, -0.2) is 46.4 Å². The average molecular weight is 281 g/mol. The van der Waals surface area contributed by atoms with Gasteiger partial charge in [-0.3, -0.25) is 0 Å². The topological polar surface area (TPSA) is 92.2 Å². The minimum Gasteiger partial charge on any atom is -0.464 e. The number of nitrogens with one attached hydrogen (secondary N) is 2. The van der Waals surface area contributed by atoms with Gasteiger partial charge in [0.25, 0.3) is 0 Å². The Bertz CT molecular complexity index is 429. The summed E-state index contributed by atoms with van der Waals surface area (Å²) < 4.78 is 5.31. The molecule has 1 aromatic heterocycles. The van der Waals surface area contributed by atoms with E-state index >= 15 is 0 Å². The standard InChI is InChI=1S/C13H23N5O2/c1-3-20-13-17-11(14-2)16-12(18-13)15-8-9-6-4-5-7-10(9)19/h9-10,19H,3-8H2,1-2H3,(H2,14,15,16,17,18). The van der Waals surface area contributed by atoms with Crippen molar-refractivity contribution >= 4 is 11.9 Å². The van der Waals surface area contributed by atoms with Crippen LogP contribution in [0, 0.1) is 5.92 Å². The molecular formula is C13H23N5O2. The van der Waals surface area contributed by atoms with E-state index in [4.69, 9.17) is 4.74 Å². The Morgan fingerprint density at radius 1 is 1.20 bits per heavy atom. The molecule has 1 aliphatic rings. The second-order valence-corrected chi connectivity index (χ2v) is 4.94. The van der Waals surface area contributed by atoms with Gasteiger partial charge in [-0.2, -0.15) is 15.0 Å². The van der Waals surface area contributed by atoms with Crippen molar-refractivity contribution in [2.75, 3.05) is 30.8 Å². The molecule has 7 nitrogen and oxygen atoms in total. The van der Waals surface area contributed by atoms with E-state index in [1.807, 2.05) is 6.92 Å². The lowest BCUT2D eigenvalue weighted by Gasteiger charge is -2.27. The van der Waals surface area contributed by atoms with Crippen LogP contribution >= 0.6 is 0 Å². The van der Waals surface area contributed by atoms with Crippen molar-refractivity contribution in [2.24, 2.45) is 5.92 Å². The molecule has 0 radical (unpaired) electrons. The predicted octanol–water partition coefficient (Wildman–Crippen LogP) is 1.27. The molecule has 1 aliphatic carbocycles. The maximum atomic E-state index is 9.96.